The minimum atomic E-state index is 0.144. The first-order valence-corrected chi connectivity index (χ1v) is 10.1. The molecule has 1 aliphatic rings. The molecule has 0 bridgehead atoms. The zero-order valence-electron chi connectivity index (χ0n) is 15.2. The van der Waals surface area contributed by atoms with E-state index in [-0.39, 0.29) is 5.91 Å². The third-order valence-electron chi connectivity index (χ3n) is 5.35. The topological polar surface area (TPSA) is 59.3 Å². The highest BCUT2D eigenvalue weighted by molar-refractivity contribution is 7.15. The van der Waals surface area contributed by atoms with Crippen LogP contribution in [0.15, 0.2) is 29.9 Å². The van der Waals surface area contributed by atoms with Crippen LogP contribution in [-0.4, -0.2) is 27.0 Å². The fourth-order valence-electron chi connectivity index (χ4n) is 3.50. The van der Waals surface area contributed by atoms with Crippen LogP contribution in [0.5, 0.6) is 0 Å². The van der Waals surface area contributed by atoms with Crippen molar-refractivity contribution in [2.45, 2.75) is 45.4 Å². The molecule has 1 amide bonds. The van der Waals surface area contributed by atoms with Crippen molar-refractivity contribution in [3.05, 3.63) is 52.3 Å². The Hall–Kier alpha value is -2.21. The molecule has 0 aliphatic heterocycles. The van der Waals surface area contributed by atoms with Crippen LogP contribution >= 0.6 is 11.3 Å². The van der Waals surface area contributed by atoms with Gasteiger partial charge in [-0.2, -0.15) is 5.10 Å². The maximum Gasteiger partial charge on any atom is 0.220 e. The highest BCUT2D eigenvalue weighted by atomic mass is 32.1. The number of nitrogens with one attached hydrogen (secondary N) is 1. The SMILES string of the molecule is Cc1ccc(C(CC(=O)NCCc2csc3ncnn23)C2CC2)cc1C. The van der Waals surface area contributed by atoms with Crippen molar-refractivity contribution in [2.24, 2.45) is 5.92 Å². The number of fused-ring (bicyclic) bond motifs is 1. The maximum atomic E-state index is 12.5. The smallest absolute Gasteiger partial charge is 0.220 e. The van der Waals surface area contributed by atoms with E-state index < -0.39 is 0 Å². The molecule has 6 heteroatoms. The lowest BCUT2D eigenvalue weighted by Gasteiger charge is -2.18. The van der Waals surface area contributed by atoms with E-state index in [4.69, 9.17) is 0 Å². The third kappa shape index (κ3) is 3.65. The van der Waals surface area contributed by atoms with E-state index >= 15 is 0 Å². The summed E-state index contributed by atoms with van der Waals surface area (Å²) in [6, 6.07) is 6.64. The van der Waals surface area contributed by atoms with Crippen LogP contribution in [-0.2, 0) is 11.2 Å². The molecule has 0 radical (unpaired) electrons. The van der Waals surface area contributed by atoms with Gasteiger partial charge in [0.05, 0.1) is 5.69 Å². The first-order valence-electron chi connectivity index (χ1n) is 9.22. The van der Waals surface area contributed by atoms with Gasteiger partial charge in [-0.25, -0.2) is 9.50 Å². The second-order valence-corrected chi connectivity index (χ2v) is 8.11. The summed E-state index contributed by atoms with van der Waals surface area (Å²) in [5.74, 6) is 1.15. The van der Waals surface area contributed by atoms with E-state index in [1.807, 2.05) is 4.52 Å². The monoisotopic (exact) mass is 368 g/mol. The van der Waals surface area contributed by atoms with Crippen molar-refractivity contribution in [3.8, 4) is 0 Å². The number of thiazole rings is 1. The van der Waals surface area contributed by atoms with Crippen LogP contribution in [0, 0.1) is 19.8 Å². The van der Waals surface area contributed by atoms with Gasteiger partial charge < -0.3 is 5.32 Å². The van der Waals surface area contributed by atoms with Crippen molar-refractivity contribution in [2.75, 3.05) is 6.54 Å². The van der Waals surface area contributed by atoms with E-state index in [2.05, 4.69) is 52.8 Å². The first-order chi connectivity index (χ1) is 12.6. The molecule has 2 aromatic heterocycles. The number of carbonyl (C=O) groups excluding carboxylic acids is 1. The Morgan fingerprint density at radius 1 is 1.35 bits per heavy atom. The van der Waals surface area contributed by atoms with E-state index in [1.165, 1.54) is 29.5 Å². The van der Waals surface area contributed by atoms with Gasteiger partial charge in [-0.1, -0.05) is 18.2 Å². The van der Waals surface area contributed by atoms with Crippen molar-refractivity contribution in [1.82, 2.24) is 19.9 Å². The Morgan fingerprint density at radius 2 is 2.19 bits per heavy atom. The number of aryl methyl sites for hydroxylation is 2. The first kappa shape index (κ1) is 17.2. The van der Waals surface area contributed by atoms with Crippen LogP contribution < -0.4 is 5.32 Å². The third-order valence-corrected chi connectivity index (χ3v) is 6.23. The summed E-state index contributed by atoms with van der Waals surface area (Å²) in [5.41, 5.74) is 5.02. The molecule has 4 rings (SSSR count). The summed E-state index contributed by atoms with van der Waals surface area (Å²) in [5, 5.41) is 9.36. The number of amides is 1. The quantitative estimate of drug-likeness (QED) is 0.692. The van der Waals surface area contributed by atoms with Gasteiger partial charge in [0.15, 0.2) is 0 Å². The molecule has 0 saturated heterocycles. The zero-order valence-corrected chi connectivity index (χ0v) is 16.1. The largest absolute Gasteiger partial charge is 0.356 e. The second-order valence-electron chi connectivity index (χ2n) is 7.27. The number of nitrogens with zero attached hydrogens (tertiary/aromatic N) is 3. The fourth-order valence-corrected chi connectivity index (χ4v) is 4.33. The Kier molecular flexibility index (Phi) is 4.76. The molecule has 136 valence electrons. The minimum Gasteiger partial charge on any atom is -0.356 e. The minimum absolute atomic E-state index is 0.144. The Morgan fingerprint density at radius 3 is 2.96 bits per heavy atom. The highest BCUT2D eigenvalue weighted by Gasteiger charge is 2.33. The predicted molar refractivity (Wildman–Crippen MR) is 104 cm³/mol. The lowest BCUT2D eigenvalue weighted by Crippen LogP contribution is -2.28. The highest BCUT2D eigenvalue weighted by Crippen LogP contribution is 2.44. The molecule has 1 aromatic carbocycles. The summed E-state index contributed by atoms with van der Waals surface area (Å²) >= 11 is 1.58. The number of aromatic nitrogens is 3. The van der Waals surface area contributed by atoms with Crippen LogP contribution in [0.1, 0.15) is 47.6 Å². The number of carbonyl (C=O) groups is 1. The number of hydrogen-bond donors (Lipinski definition) is 1. The van der Waals surface area contributed by atoms with Crippen molar-refractivity contribution in [1.29, 1.82) is 0 Å². The van der Waals surface area contributed by atoms with Gasteiger partial charge in [0.2, 0.25) is 10.9 Å². The summed E-state index contributed by atoms with van der Waals surface area (Å²) in [6.45, 7) is 4.91. The molecule has 1 N–H and O–H groups in total. The van der Waals surface area contributed by atoms with Gasteiger partial charge >= 0.3 is 0 Å². The Balaban J connectivity index is 1.35. The average molecular weight is 369 g/mol. The number of hydrogen-bond acceptors (Lipinski definition) is 4. The van der Waals surface area contributed by atoms with Gasteiger partial charge in [-0.15, -0.1) is 11.3 Å². The average Bonchev–Trinajstić information content (AvgIpc) is 3.23. The van der Waals surface area contributed by atoms with E-state index in [1.54, 1.807) is 17.7 Å². The van der Waals surface area contributed by atoms with E-state index in [9.17, 15) is 4.79 Å². The van der Waals surface area contributed by atoms with E-state index in [0.29, 0.717) is 24.8 Å². The Labute approximate surface area is 157 Å². The second kappa shape index (κ2) is 7.19. The van der Waals surface area contributed by atoms with Gasteiger partial charge in [-0.05, 0) is 55.2 Å². The zero-order chi connectivity index (χ0) is 18.1. The molecule has 2 heterocycles. The van der Waals surface area contributed by atoms with Crippen molar-refractivity contribution in [3.63, 3.8) is 0 Å². The molecule has 1 saturated carbocycles. The molecule has 26 heavy (non-hydrogen) atoms. The molecule has 1 fully saturated rings. The molecule has 1 aliphatic carbocycles. The van der Waals surface area contributed by atoms with Gasteiger partial charge in [0, 0.05) is 24.8 Å². The van der Waals surface area contributed by atoms with Gasteiger partial charge in [-0.3, -0.25) is 4.79 Å². The fraction of sp³-hybridized carbons (Fsp3) is 0.450. The molecule has 1 atom stereocenters. The summed E-state index contributed by atoms with van der Waals surface area (Å²) in [4.78, 5) is 17.6. The molecule has 3 aromatic rings. The van der Waals surface area contributed by atoms with Crippen LogP contribution in [0.4, 0.5) is 0 Å². The van der Waals surface area contributed by atoms with Crippen molar-refractivity contribution < 1.29 is 4.79 Å². The summed E-state index contributed by atoms with van der Waals surface area (Å²) < 4.78 is 1.85. The Bertz CT molecular complexity index is 925. The van der Waals surface area contributed by atoms with Crippen LogP contribution in [0.25, 0.3) is 4.96 Å². The summed E-state index contributed by atoms with van der Waals surface area (Å²) in [6.07, 6.45) is 5.40. The normalized spacial score (nSPS) is 15.3. The molecular formula is C20H24N4OS. The summed E-state index contributed by atoms with van der Waals surface area (Å²) in [7, 11) is 0. The maximum absolute atomic E-state index is 12.5. The molecular weight excluding hydrogens is 344 g/mol. The predicted octanol–water partition coefficient (Wildman–Crippen LogP) is 3.65. The number of rotatable bonds is 7. The molecule has 5 nitrogen and oxygen atoms in total. The van der Waals surface area contributed by atoms with Crippen molar-refractivity contribution >= 4 is 22.2 Å². The lowest BCUT2D eigenvalue weighted by atomic mass is 9.89. The van der Waals surface area contributed by atoms with Crippen LogP contribution in [0.3, 0.4) is 0 Å². The molecule has 1 unspecified atom stereocenters. The lowest BCUT2D eigenvalue weighted by molar-refractivity contribution is -0.121. The van der Waals surface area contributed by atoms with Gasteiger partial charge in [0.1, 0.15) is 6.33 Å². The van der Waals surface area contributed by atoms with Gasteiger partial charge in [0.25, 0.3) is 0 Å². The molecule has 0 spiro atoms. The standard InChI is InChI=1S/C20H24N4OS/c1-13-3-4-16(9-14(13)2)18(15-5-6-15)10-19(25)21-8-7-17-11-26-20-22-12-23-24(17)20/h3-4,9,11-12,15,18H,5-8,10H2,1-2H3,(H,21,25). The van der Waals surface area contributed by atoms with Crippen LogP contribution in [0.2, 0.25) is 0 Å². The van der Waals surface area contributed by atoms with E-state index in [0.717, 1.165) is 17.1 Å². The number of benzene rings is 1.